The predicted octanol–water partition coefficient (Wildman–Crippen LogP) is 1.75. The maximum atomic E-state index is 12.6. The van der Waals surface area contributed by atoms with E-state index in [1.807, 2.05) is 6.07 Å². The Morgan fingerprint density at radius 1 is 1.12 bits per heavy atom. The zero-order valence-electron chi connectivity index (χ0n) is 13.4. The van der Waals surface area contributed by atoms with Crippen molar-refractivity contribution < 1.29 is 13.2 Å². The van der Waals surface area contributed by atoms with E-state index in [2.05, 4.69) is 15.3 Å². The monoisotopic (exact) mass is 348 g/mol. The summed E-state index contributed by atoms with van der Waals surface area (Å²) in [5.41, 5.74) is 0. The maximum absolute atomic E-state index is 12.6. The second kappa shape index (κ2) is 7.14. The number of ether oxygens (including phenoxy) is 1. The Morgan fingerprint density at radius 2 is 1.79 bits per heavy atom. The fourth-order valence-electron chi connectivity index (χ4n) is 2.75. The van der Waals surface area contributed by atoms with Gasteiger partial charge in [0.25, 0.3) is 5.88 Å². The van der Waals surface area contributed by atoms with Crippen molar-refractivity contribution in [1.82, 2.24) is 14.3 Å². The van der Waals surface area contributed by atoms with Gasteiger partial charge in [-0.2, -0.15) is 4.31 Å². The lowest BCUT2D eigenvalue weighted by atomic mass is 10.1. The summed E-state index contributed by atoms with van der Waals surface area (Å²) in [5.74, 6) is 1.03. The van der Waals surface area contributed by atoms with Crippen LogP contribution in [-0.2, 0) is 10.0 Å². The number of hydrogen-bond acceptors (Lipinski definition) is 6. The molecule has 0 radical (unpaired) electrons. The number of nitrogens with one attached hydrogen (secondary N) is 1. The summed E-state index contributed by atoms with van der Waals surface area (Å²) >= 11 is 0. The Balaban J connectivity index is 1.64. The lowest BCUT2D eigenvalue weighted by Crippen LogP contribution is -2.42. The van der Waals surface area contributed by atoms with E-state index in [-0.39, 0.29) is 6.04 Å². The van der Waals surface area contributed by atoms with E-state index < -0.39 is 10.0 Å². The first-order valence-corrected chi connectivity index (χ1v) is 9.22. The predicted molar refractivity (Wildman–Crippen MR) is 90.4 cm³/mol. The quantitative estimate of drug-likeness (QED) is 0.886. The van der Waals surface area contributed by atoms with Crippen LogP contribution in [0.5, 0.6) is 5.88 Å². The van der Waals surface area contributed by atoms with Gasteiger partial charge in [0, 0.05) is 31.5 Å². The van der Waals surface area contributed by atoms with Crippen molar-refractivity contribution in [2.75, 3.05) is 25.5 Å². The summed E-state index contributed by atoms with van der Waals surface area (Å²) in [6, 6.07) is 8.68. The van der Waals surface area contributed by atoms with Gasteiger partial charge in [0.2, 0.25) is 10.0 Å². The fourth-order valence-corrected chi connectivity index (χ4v) is 4.24. The molecule has 0 amide bonds. The highest BCUT2D eigenvalue weighted by Gasteiger charge is 2.29. The van der Waals surface area contributed by atoms with Crippen molar-refractivity contribution in [3.63, 3.8) is 0 Å². The van der Waals surface area contributed by atoms with Crippen LogP contribution in [0.1, 0.15) is 12.8 Å². The number of anilines is 1. The van der Waals surface area contributed by atoms with Gasteiger partial charge in [-0.15, -0.1) is 0 Å². The number of piperidine rings is 1. The first-order chi connectivity index (χ1) is 11.6. The maximum Gasteiger partial charge on any atom is 0.257 e. The van der Waals surface area contributed by atoms with Crippen molar-refractivity contribution in [3.8, 4) is 5.88 Å². The van der Waals surface area contributed by atoms with Crippen molar-refractivity contribution in [2.24, 2.45) is 0 Å². The van der Waals surface area contributed by atoms with Gasteiger partial charge in [0.1, 0.15) is 0 Å². The lowest BCUT2D eigenvalue weighted by Gasteiger charge is -2.31. The molecule has 1 aliphatic heterocycles. The Bertz CT molecular complexity index is 775. The molecule has 8 heteroatoms. The van der Waals surface area contributed by atoms with E-state index >= 15 is 0 Å². The molecule has 3 rings (SSSR count). The summed E-state index contributed by atoms with van der Waals surface area (Å²) < 4.78 is 31.9. The topological polar surface area (TPSA) is 84.4 Å². The van der Waals surface area contributed by atoms with Crippen molar-refractivity contribution >= 4 is 15.8 Å². The molecule has 1 aromatic carbocycles. The molecule has 2 aromatic rings. The van der Waals surface area contributed by atoms with Gasteiger partial charge in [-0.3, -0.25) is 0 Å². The second-order valence-electron chi connectivity index (χ2n) is 5.55. The Labute approximate surface area is 141 Å². The highest BCUT2D eigenvalue weighted by molar-refractivity contribution is 7.89. The lowest BCUT2D eigenvalue weighted by molar-refractivity contribution is 0.328. The molecule has 1 saturated heterocycles. The molecule has 1 aliphatic rings. The molecule has 1 N–H and O–H groups in total. The molecule has 1 fully saturated rings. The van der Waals surface area contributed by atoms with Gasteiger partial charge in [-0.05, 0) is 25.0 Å². The van der Waals surface area contributed by atoms with Crippen LogP contribution in [0.2, 0.25) is 0 Å². The average molecular weight is 348 g/mol. The van der Waals surface area contributed by atoms with Crippen LogP contribution in [0.4, 0.5) is 5.82 Å². The van der Waals surface area contributed by atoms with Gasteiger partial charge in [0.05, 0.1) is 12.0 Å². The van der Waals surface area contributed by atoms with Gasteiger partial charge >= 0.3 is 0 Å². The largest absolute Gasteiger partial charge is 0.478 e. The van der Waals surface area contributed by atoms with Crippen LogP contribution in [0, 0.1) is 0 Å². The molecule has 0 saturated carbocycles. The standard InChI is InChI=1S/C16H20N4O3S/c1-23-16-15(17-9-10-18-16)19-13-7-11-20(12-8-13)24(21,22)14-5-3-2-4-6-14/h2-6,9-10,13H,7-8,11-12H2,1H3,(H,17,19). The molecule has 0 atom stereocenters. The molecule has 128 valence electrons. The zero-order chi connectivity index (χ0) is 17.0. The minimum absolute atomic E-state index is 0.137. The van der Waals surface area contributed by atoms with E-state index in [1.54, 1.807) is 43.8 Å². The molecule has 7 nitrogen and oxygen atoms in total. The smallest absolute Gasteiger partial charge is 0.257 e. The van der Waals surface area contributed by atoms with E-state index in [0.717, 1.165) is 0 Å². The fraction of sp³-hybridized carbons (Fsp3) is 0.375. The number of rotatable bonds is 5. The molecule has 24 heavy (non-hydrogen) atoms. The molecule has 0 unspecified atom stereocenters. The van der Waals surface area contributed by atoms with E-state index in [4.69, 9.17) is 4.74 Å². The zero-order valence-corrected chi connectivity index (χ0v) is 14.2. The van der Waals surface area contributed by atoms with Crippen LogP contribution in [0.15, 0.2) is 47.6 Å². The van der Waals surface area contributed by atoms with Crippen molar-refractivity contribution in [2.45, 2.75) is 23.8 Å². The highest BCUT2D eigenvalue weighted by Crippen LogP contribution is 2.24. The third kappa shape index (κ3) is 3.49. The van der Waals surface area contributed by atoms with Crippen molar-refractivity contribution in [3.05, 3.63) is 42.7 Å². The summed E-state index contributed by atoms with van der Waals surface area (Å²) in [5, 5.41) is 3.29. The minimum atomic E-state index is -3.42. The highest BCUT2D eigenvalue weighted by atomic mass is 32.2. The second-order valence-corrected chi connectivity index (χ2v) is 7.49. The molecule has 0 aliphatic carbocycles. The summed E-state index contributed by atoms with van der Waals surface area (Å²) in [4.78, 5) is 8.67. The van der Waals surface area contributed by atoms with Gasteiger partial charge < -0.3 is 10.1 Å². The SMILES string of the molecule is COc1nccnc1NC1CCN(S(=O)(=O)c2ccccc2)CC1. The number of aromatic nitrogens is 2. The molecular formula is C16H20N4O3S. The Hall–Kier alpha value is -2.19. The molecule has 0 bridgehead atoms. The first kappa shape index (κ1) is 16.7. The number of sulfonamides is 1. The third-order valence-electron chi connectivity index (χ3n) is 4.03. The van der Waals surface area contributed by atoms with E-state index in [1.165, 1.54) is 4.31 Å². The van der Waals surface area contributed by atoms with Crippen LogP contribution >= 0.6 is 0 Å². The Kier molecular flexibility index (Phi) is 4.96. The van der Waals surface area contributed by atoms with E-state index in [0.29, 0.717) is 42.5 Å². The Morgan fingerprint density at radius 3 is 2.46 bits per heavy atom. The van der Waals surface area contributed by atoms with E-state index in [9.17, 15) is 8.42 Å². The van der Waals surface area contributed by atoms with Crippen LogP contribution < -0.4 is 10.1 Å². The van der Waals surface area contributed by atoms with Gasteiger partial charge in [0.15, 0.2) is 5.82 Å². The van der Waals surface area contributed by atoms with Gasteiger partial charge in [-0.1, -0.05) is 18.2 Å². The third-order valence-corrected chi connectivity index (χ3v) is 5.95. The molecular weight excluding hydrogens is 328 g/mol. The van der Waals surface area contributed by atoms with Gasteiger partial charge in [-0.25, -0.2) is 18.4 Å². The molecule has 0 spiro atoms. The minimum Gasteiger partial charge on any atom is -0.478 e. The average Bonchev–Trinajstić information content (AvgIpc) is 2.63. The molecule has 1 aromatic heterocycles. The number of methoxy groups -OCH3 is 1. The number of benzene rings is 1. The normalized spacial score (nSPS) is 16.7. The summed E-state index contributed by atoms with van der Waals surface area (Å²) in [6.45, 7) is 0.939. The first-order valence-electron chi connectivity index (χ1n) is 7.78. The van der Waals surface area contributed by atoms with Crippen LogP contribution in [0.3, 0.4) is 0 Å². The molecule has 2 heterocycles. The van der Waals surface area contributed by atoms with Crippen LogP contribution in [0.25, 0.3) is 0 Å². The number of nitrogens with zero attached hydrogens (tertiary/aromatic N) is 3. The van der Waals surface area contributed by atoms with Crippen molar-refractivity contribution in [1.29, 1.82) is 0 Å². The van der Waals surface area contributed by atoms with Crippen LogP contribution in [-0.4, -0.2) is 48.9 Å². The summed E-state index contributed by atoms with van der Waals surface area (Å²) in [7, 11) is -1.87. The number of hydrogen-bond donors (Lipinski definition) is 1. The summed E-state index contributed by atoms with van der Waals surface area (Å²) in [6.07, 6.45) is 4.57.